The second-order valence-corrected chi connectivity index (χ2v) is 6.02. The Morgan fingerprint density at radius 3 is 2.95 bits per heavy atom. The Hall–Kier alpha value is -1.76. The van der Waals surface area contributed by atoms with Crippen molar-refractivity contribution in [2.75, 3.05) is 23.7 Å². The van der Waals surface area contributed by atoms with Gasteiger partial charge in [0, 0.05) is 35.8 Å². The minimum Gasteiger partial charge on any atom is -0.477 e. The molecule has 0 spiro atoms. The Morgan fingerprint density at radius 2 is 2.35 bits per heavy atom. The summed E-state index contributed by atoms with van der Waals surface area (Å²) in [4.78, 5) is 23.4. The van der Waals surface area contributed by atoms with Crippen LogP contribution in [0.1, 0.15) is 23.7 Å². The van der Waals surface area contributed by atoms with Crippen molar-refractivity contribution >= 4 is 29.1 Å². The monoisotopic (exact) mass is 296 g/mol. The molecule has 1 N–H and O–H groups in total. The van der Waals surface area contributed by atoms with Crippen molar-refractivity contribution in [1.82, 2.24) is 0 Å². The summed E-state index contributed by atoms with van der Waals surface area (Å²) in [5, 5.41) is 20.5. The fraction of sp³-hybridized carbons (Fsp3) is 0.462. The van der Waals surface area contributed by atoms with E-state index in [1.165, 1.54) is 12.1 Å². The van der Waals surface area contributed by atoms with Crippen molar-refractivity contribution in [3.05, 3.63) is 33.9 Å². The van der Waals surface area contributed by atoms with Gasteiger partial charge in [0.05, 0.1) is 4.92 Å². The van der Waals surface area contributed by atoms with Crippen molar-refractivity contribution < 1.29 is 14.8 Å². The van der Waals surface area contributed by atoms with Gasteiger partial charge in [0.2, 0.25) is 0 Å². The SMILES string of the molecule is CCC1CN(c2ccc(C(=O)O)c([N+](=O)[O-])c2)CCS1. The molecule has 1 fully saturated rings. The molecule has 1 heterocycles. The lowest BCUT2D eigenvalue weighted by Gasteiger charge is -2.33. The van der Waals surface area contributed by atoms with E-state index < -0.39 is 10.9 Å². The van der Waals surface area contributed by atoms with Gasteiger partial charge in [-0.2, -0.15) is 11.8 Å². The van der Waals surface area contributed by atoms with E-state index >= 15 is 0 Å². The van der Waals surface area contributed by atoms with E-state index in [9.17, 15) is 14.9 Å². The van der Waals surface area contributed by atoms with Gasteiger partial charge in [0.15, 0.2) is 0 Å². The Kier molecular flexibility index (Phi) is 4.49. The molecule has 1 aromatic rings. The lowest BCUT2D eigenvalue weighted by Crippen LogP contribution is -2.37. The molecule has 1 saturated heterocycles. The maximum atomic E-state index is 11.0. The number of carboxylic acid groups (broad SMARTS) is 1. The van der Waals surface area contributed by atoms with Crippen LogP contribution in [0.15, 0.2) is 18.2 Å². The van der Waals surface area contributed by atoms with Crippen LogP contribution < -0.4 is 4.90 Å². The van der Waals surface area contributed by atoms with E-state index in [4.69, 9.17) is 5.11 Å². The first-order chi connectivity index (χ1) is 9.52. The van der Waals surface area contributed by atoms with Gasteiger partial charge in [0.25, 0.3) is 5.69 Å². The standard InChI is InChI=1S/C13H16N2O4S/c1-2-10-8-14(5-6-20-10)9-3-4-11(13(16)17)12(7-9)15(18)19/h3-4,7,10H,2,5-6,8H2,1H3,(H,16,17). The van der Waals surface area contributed by atoms with Crippen LogP contribution in [-0.4, -0.2) is 40.1 Å². The minimum absolute atomic E-state index is 0.267. The molecule has 1 unspecified atom stereocenters. The predicted molar refractivity (Wildman–Crippen MR) is 78.8 cm³/mol. The number of nitro groups is 1. The van der Waals surface area contributed by atoms with Crippen LogP contribution in [0.3, 0.4) is 0 Å². The Labute approximate surface area is 120 Å². The molecule has 0 amide bonds. The number of carboxylic acids is 1. The Balaban J connectivity index is 2.31. The highest BCUT2D eigenvalue weighted by atomic mass is 32.2. The molecular weight excluding hydrogens is 280 g/mol. The van der Waals surface area contributed by atoms with Crippen LogP contribution in [-0.2, 0) is 0 Å². The number of hydrogen-bond donors (Lipinski definition) is 1. The predicted octanol–water partition coefficient (Wildman–Crippen LogP) is 2.62. The summed E-state index contributed by atoms with van der Waals surface area (Å²) in [6.07, 6.45) is 1.05. The topological polar surface area (TPSA) is 83.7 Å². The van der Waals surface area contributed by atoms with Crippen LogP contribution >= 0.6 is 11.8 Å². The normalized spacial score (nSPS) is 18.9. The van der Waals surface area contributed by atoms with Crippen molar-refractivity contribution in [3.63, 3.8) is 0 Å². The molecular formula is C13H16N2O4S. The first-order valence-electron chi connectivity index (χ1n) is 6.41. The number of nitrogens with zero attached hydrogens (tertiary/aromatic N) is 2. The van der Waals surface area contributed by atoms with Crippen LogP contribution in [0, 0.1) is 10.1 Å². The zero-order valence-corrected chi connectivity index (χ0v) is 11.9. The lowest BCUT2D eigenvalue weighted by molar-refractivity contribution is -0.385. The van der Waals surface area contributed by atoms with Crippen LogP contribution in [0.4, 0.5) is 11.4 Å². The highest BCUT2D eigenvalue weighted by Gasteiger charge is 2.24. The molecule has 108 valence electrons. The summed E-state index contributed by atoms with van der Waals surface area (Å²) in [5.74, 6) is -0.295. The lowest BCUT2D eigenvalue weighted by atomic mass is 10.1. The van der Waals surface area contributed by atoms with Gasteiger partial charge in [-0.1, -0.05) is 6.92 Å². The molecule has 1 aliphatic rings. The summed E-state index contributed by atoms with van der Waals surface area (Å²) in [6, 6.07) is 4.34. The second kappa shape index (κ2) is 6.13. The third-order valence-electron chi connectivity index (χ3n) is 3.37. The smallest absolute Gasteiger partial charge is 0.342 e. The van der Waals surface area contributed by atoms with Gasteiger partial charge in [0.1, 0.15) is 5.56 Å². The Bertz CT molecular complexity index is 535. The summed E-state index contributed by atoms with van der Waals surface area (Å²) in [7, 11) is 0. The number of anilines is 1. The number of benzene rings is 1. The average molecular weight is 296 g/mol. The van der Waals surface area contributed by atoms with Gasteiger partial charge in [-0.3, -0.25) is 10.1 Å². The largest absolute Gasteiger partial charge is 0.477 e. The van der Waals surface area contributed by atoms with Crippen molar-refractivity contribution in [3.8, 4) is 0 Å². The summed E-state index contributed by atoms with van der Waals surface area (Å²) < 4.78 is 0. The Morgan fingerprint density at radius 1 is 1.60 bits per heavy atom. The average Bonchev–Trinajstić information content (AvgIpc) is 2.46. The molecule has 7 heteroatoms. The molecule has 20 heavy (non-hydrogen) atoms. The van der Waals surface area contributed by atoms with E-state index in [1.54, 1.807) is 6.07 Å². The van der Waals surface area contributed by atoms with Crippen molar-refractivity contribution in [2.24, 2.45) is 0 Å². The number of nitro benzene ring substituents is 1. The van der Waals surface area contributed by atoms with E-state index in [0.29, 0.717) is 5.25 Å². The van der Waals surface area contributed by atoms with Crippen molar-refractivity contribution in [2.45, 2.75) is 18.6 Å². The molecule has 1 aromatic carbocycles. The minimum atomic E-state index is -1.27. The number of rotatable bonds is 4. The maximum absolute atomic E-state index is 11.0. The fourth-order valence-corrected chi connectivity index (χ4v) is 3.43. The fourth-order valence-electron chi connectivity index (χ4n) is 2.25. The molecule has 0 saturated carbocycles. The summed E-state index contributed by atoms with van der Waals surface area (Å²) in [6.45, 7) is 3.78. The van der Waals surface area contributed by atoms with Gasteiger partial charge in [-0.15, -0.1) is 0 Å². The number of carbonyl (C=O) groups is 1. The van der Waals surface area contributed by atoms with Crippen LogP contribution in [0.25, 0.3) is 0 Å². The van der Waals surface area contributed by atoms with Crippen LogP contribution in [0.2, 0.25) is 0 Å². The molecule has 1 aliphatic heterocycles. The van der Waals surface area contributed by atoms with Crippen molar-refractivity contribution in [1.29, 1.82) is 0 Å². The molecule has 0 bridgehead atoms. The second-order valence-electron chi connectivity index (χ2n) is 4.61. The number of aromatic carboxylic acids is 1. The van der Waals surface area contributed by atoms with E-state index in [2.05, 4.69) is 11.8 Å². The molecule has 1 atom stereocenters. The van der Waals surface area contributed by atoms with E-state index in [0.717, 1.165) is 31.0 Å². The number of hydrogen-bond acceptors (Lipinski definition) is 5. The number of thioether (sulfide) groups is 1. The van der Waals surface area contributed by atoms with Gasteiger partial charge in [-0.05, 0) is 18.6 Å². The summed E-state index contributed by atoms with van der Waals surface area (Å²) >= 11 is 1.91. The maximum Gasteiger partial charge on any atom is 0.342 e. The highest BCUT2D eigenvalue weighted by molar-refractivity contribution is 8.00. The zero-order chi connectivity index (χ0) is 14.7. The quantitative estimate of drug-likeness (QED) is 0.679. The molecule has 0 aromatic heterocycles. The first kappa shape index (κ1) is 14.6. The van der Waals surface area contributed by atoms with Gasteiger partial charge in [-0.25, -0.2) is 4.79 Å². The first-order valence-corrected chi connectivity index (χ1v) is 7.46. The molecule has 2 rings (SSSR count). The molecule has 0 radical (unpaired) electrons. The van der Waals surface area contributed by atoms with Gasteiger partial charge < -0.3 is 10.0 Å². The summed E-state index contributed by atoms with van der Waals surface area (Å²) in [5.41, 5.74) is 0.110. The van der Waals surface area contributed by atoms with Gasteiger partial charge >= 0.3 is 5.97 Å². The third-order valence-corrected chi connectivity index (χ3v) is 4.74. The van der Waals surface area contributed by atoms with E-state index in [-0.39, 0.29) is 11.3 Å². The van der Waals surface area contributed by atoms with E-state index in [1.807, 2.05) is 11.8 Å². The zero-order valence-electron chi connectivity index (χ0n) is 11.1. The molecule has 0 aliphatic carbocycles. The third kappa shape index (κ3) is 3.04. The van der Waals surface area contributed by atoms with Crippen LogP contribution in [0.5, 0.6) is 0 Å². The molecule has 6 nitrogen and oxygen atoms in total. The highest BCUT2D eigenvalue weighted by Crippen LogP contribution is 2.30.